The smallest absolute Gasteiger partial charge is 0.178 e. The molecule has 3 aromatic rings. The Hall–Kier alpha value is -2.02. The summed E-state index contributed by atoms with van der Waals surface area (Å²) in [6.45, 7) is 0. The van der Waals surface area contributed by atoms with Gasteiger partial charge in [0.15, 0.2) is 5.65 Å². The van der Waals surface area contributed by atoms with Crippen molar-refractivity contribution in [2.45, 2.75) is 37.8 Å². The molecule has 1 fully saturated rings. The van der Waals surface area contributed by atoms with Gasteiger partial charge >= 0.3 is 0 Å². The first-order valence-electron chi connectivity index (χ1n) is 8.67. The lowest BCUT2D eigenvalue weighted by Crippen LogP contribution is -2.33. The van der Waals surface area contributed by atoms with Crippen molar-refractivity contribution >= 4 is 46.2 Å². The molecule has 1 aliphatic rings. The van der Waals surface area contributed by atoms with E-state index in [1.807, 2.05) is 30.3 Å². The highest BCUT2D eigenvalue weighted by Crippen LogP contribution is 2.27. The Morgan fingerprint density at radius 1 is 1.12 bits per heavy atom. The van der Waals surface area contributed by atoms with Crippen LogP contribution in [0.5, 0.6) is 0 Å². The Balaban J connectivity index is 1.65. The third-order valence-electron chi connectivity index (χ3n) is 4.65. The Labute approximate surface area is 161 Å². The molecule has 0 saturated heterocycles. The van der Waals surface area contributed by atoms with Crippen molar-refractivity contribution in [3.63, 3.8) is 0 Å². The van der Waals surface area contributed by atoms with E-state index in [1.165, 1.54) is 0 Å². The topological polar surface area (TPSA) is 80.3 Å². The van der Waals surface area contributed by atoms with Gasteiger partial charge < -0.3 is 16.4 Å². The maximum Gasteiger partial charge on any atom is 0.178 e. The van der Waals surface area contributed by atoms with E-state index in [0.29, 0.717) is 27.8 Å². The summed E-state index contributed by atoms with van der Waals surface area (Å²) < 4.78 is 1.69. The normalized spacial score (nSPS) is 20.3. The van der Waals surface area contributed by atoms with Crippen LogP contribution in [0.1, 0.15) is 25.7 Å². The molecule has 4 N–H and O–H groups in total. The Kier molecular flexibility index (Phi) is 4.89. The molecule has 0 spiro atoms. The Bertz CT molecular complexity index is 917. The van der Waals surface area contributed by atoms with Crippen LogP contribution in [0.15, 0.2) is 36.5 Å². The number of hydrogen-bond acceptors (Lipinski definition) is 5. The first kappa shape index (κ1) is 17.4. The van der Waals surface area contributed by atoms with Crippen molar-refractivity contribution in [1.82, 2.24) is 14.6 Å². The van der Waals surface area contributed by atoms with Crippen LogP contribution in [0.4, 0.5) is 17.3 Å². The van der Waals surface area contributed by atoms with Crippen LogP contribution in [-0.4, -0.2) is 26.7 Å². The van der Waals surface area contributed by atoms with E-state index in [2.05, 4.69) is 20.7 Å². The average Bonchev–Trinajstić information content (AvgIpc) is 2.99. The highest BCUT2D eigenvalue weighted by Gasteiger charge is 2.19. The predicted octanol–water partition coefficient (Wildman–Crippen LogP) is 4.46. The highest BCUT2D eigenvalue weighted by molar-refractivity contribution is 6.33. The number of anilines is 3. The molecule has 8 heteroatoms. The monoisotopic (exact) mass is 390 g/mol. The fraction of sp³-hybridized carbons (Fsp3) is 0.333. The van der Waals surface area contributed by atoms with Crippen LogP contribution < -0.4 is 16.4 Å². The lowest BCUT2D eigenvalue weighted by atomic mass is 9.92. The number of nitrogens with zero attached hydrogens (tertiary/aromatic N) is 3. The SMILES string of the molecule is NC1CCC(Nc2cc(Nc3cccc(Cl)c3)n3ncc(Cl)c3n2)CC1. The van der Waals surface area contributed by atoms with Gasteiger partial charge in [0, 0.05) is 28.9 Å². The van der Waals surface area contributed by atoms with Crippen LogP contribution in [0, 0.1) is 0 Å². The second-order valence-corrected chi connectivity index (χ2v) is 7.49. The molecule has 2 heterocycles. The van der Waals surface area contributed by atoms with Crippen molar-refractivity contribution < 1.29 is 0 Å². The first-order chi connectivity index (χ1) is 12.6. The summed E-state index contributed by atoms with van der Waals surface area (Å²) in [4.78, 5) is 4.63. The van der Waals surface area contributed by atoms with Gasteiger partial charge in [-0.3, -0.25) is 0 Å². The van der Waals surface area contributed by atoms with Gasteiger partial charge in [-0.05, 0) is 43.9 Å². The van der Waals surface area contributed by atoms with E-state index >= 15 is 0 Å². The van der Waals surface area contributed by atoms with Gasteiger partial charge in [0.25, 0.3) is 0 Å². The van der Waals surface area contributed by atoms with Crippen LogP contribution in [0.2, 0.25) is 10.0 Å². The minimum Gasteiger partial charge on any atom is -0.367 e. The van der Waals surface area contributed by atoms with Gasteiger partial charge in [-0.25, -0.2) is 4.98 Å². The maximum absolute atomic E-state index is 6.27. The number of halogens is 2. The predicted molar refractivity (Wildman–Crippen MR) is 107 cm³/mol. The number of benzene rings is 1. The van der Waals surface area contributed by atoms with Crippen molar-refractivity contribution in [2.24, 2.45) is 5.73 Å². The van der Waals surface area contributed by atoms with Crippen molar-refractivity contribution in [2.75, 3.05) is 10.6 Å². The molecule has 0 atom stereocenters. The van der Waals surface area contributed by atoms with E-state index in [4.69, 9.17) is 28.9 Å². The fourth-order valence-electron chi connectivity index (χ4n) is 3.29. The van der Waals surface area contributed by atoms with Crippen molar-refractivity contribution in [3.05, 3.63) is 46.6 Å². The molecule has 6 nitrogen and oxygen atoms in total. The van der Waals surface area contributed by atoms with Crippen molar-refractivity contribution in [3.8, 4) is 0 Å². The van der Waals surface area contributed by atoms with Gasteiger partial charge in [0.05, 0.1) is 6.20 Å². The minimum absolute atomic E-state index is 0.313. The number of fused-ring (bicyclic) bond motifs is 1. The lowest BCUT2D eigenvalue weighted by Gasteiger charge is -2.27. The number of rotatable bonds is 4. The first-order valence-corrected chi connectivity index (χ1v) is 9.43. The zero-order valence-corrected chi connectivity index (χ0v) is 15.6. The third-order valence-corrected chi connectivity index (χ3v) is 5.15. The second kappa shape index (κ2) is 7.31. The Morgan fingerprint density at radius 2 is 1.92 bits per heavy atom. The fourth-order valence-corrected chi connectivity index (χ4v) is 3.64. The molecule has 0 unspecified atom stereocenters. The third kappa shape index (κ3) is 3.72. The largest absolute Gasteiger partial charge is 0.367 e. The van der Waals surface area contributed by atoms with Gasteiger partial charge in [-0.1, -0.05) is 29.3 Å². The molecule has 4 rings (SSSR count). The van der Waals surface area contributed by atoms with E-state index in [0.717, 1.165) is 43.0 Å². The maximum atomic E-state index is 6.27. The highest BCUT2D eigenvalue weighted by atomic mass is 35.5. The molecule has 1 aromatic carbocycles. The summed E-state index contributed by atoms with van der Waals surface area (Å²) in [6, 6.07) is 10.1. The van der Waals surface area contributed by atoms with Crippen LogP contribution in [0.25, 0.3) is 5.65 Å². The van der Waals surface area contributed by atoms with E-state index < -0.39 is 0 Å². The molecular weight excluding hydrogens is 371 g/mol. The molecule has 0 aliphatic heterocycles. The molecule has 26 heavy (non-hydrogen) atoms. The quantitative estimate of drug-likeness (QED) is 0.612. The minimum atomic E-state index is 0.313. The van der Waals surface area contributed by atoms with E-state index in [1.54, 1.807) is 10.7 Å². The second-order valence-electron chi connectivity index (χ2n) is 6.65. The summed E-state index contributed by atoms with van der Waals surface area (Å²) in [5, 5.41) is 12.3. The molecule has 0 radical (unpaired) electrons. The molecule has 136 valence electrons. The average molecular weight is 391 g/mol. The number of hydrogen-bond donors (Lipinski definition) is 3. The molecule has 0 bridgehead atoms. The molecule has 1 saturated carbocycles. The summed E-state index contributed by atoms with van der Waals surface area (Å²) in [7, 11) is 0. The summed E-state index contributed by atoms with van der Waals surface area (Å²) in [6.07, 6.45) is 5.73. The zero-order valence-electron chi connectivity index (χ0n) is 14.1. The van der Waals surface area contributed by atoms with Crippen LogP contribution in [-0.2, 0) is 0 Å². The molecular formula is C18H20Cl2N6. The lowest BCUT2D eigenvalue weighted by molar-refractivity contribution is 0.410. The van der Waals surface area contributed by atoms with E-state index in [-0.39, 0.29) is 0 Å². The summed E-state index contributed by atoms with van der Waals surface area (Å²) in [5.74, 6) is 1.53. The van der Waals surface area contributed by atoms with Gasteiger partial charge in [-0.2, -0.15) is 9.61 Å². The zero-order chi connectivity index (χ0) is 18.1. The Morgan fingerprint density at radius 3 is 2.69 bits per heavy atom. The number of nitrogens with one attached hydrogen (secondary N) is 2. The molecule has 1 aliphatic carbocycles. The van der Waals surface area contributed by atoms with Crippen LogP contribution >= 0.6 is 23.2 Å². The summed E-state index contributed by atoms with van der Waals surface area (Å²) >= 11 is 12.4. The number of nitrogens with two attached hydrogens (primary N) is 1. The van der Waals surface area contributed by atoms with Gasteiger partial charge in [0.1, 0.15) is 16.7 Å². The molecule has 0 amide bonds. The van der Waals surface area contributed by atoms with Crippen LogP contribution in [0.3, 0.4) is 0 Å². The molecule has 2 aromatic heterocycles. The van der Waals surface area contributed by atoms with E-state index in [9.17, 15) is 0 Å². The number of aromatic nitrogens is 3. The van der Waals surface area contributed by atoms with Gasteiger partial charge in [-0.15, -0.1) is 0 Å². The summed E-state index contributed by atoms with van der Waals surface area (Å²) in [5.41, 5.74) is 7.47. The van der Waals surface area contributed by atoms with Crippen molar-refractivity contribution in [1.29, 1.82) is 0 Å². The standard InChI is InChI=1S/C18H20Cl2N6/c19-11-2-1-3-14(8-11)24-17-9-16(23-13-6-4-12(21)5-7-13)25-18-15(20)10-22-26(17)18/h1-3,8-10,12-13,24H,4-7,21H2,(H,23,25). The van der Waals surface area contributed by atoms with Gasteiger partial charge in [0.2, 0.25) is 0 Å².